The monoisotopic (exact) mass is 927 g/mol. The molecule has 64 heavy (non-hydrogen) atoms. The molecule has 0 spiro atoms. The van der Waals surface area contributed by atoms with Crippen molar-refractivity contribution in [3.63, 3.8) is 0 Å². The van der Waals surface area contributed by atoms with Crippen molar-refractivity contribution in [3.8, 4) is 0 Å². The zero-order valence-electron chi connectivity index (χ0n) is 40.7. The summed E-state index contributed by atoms with van der Waals surface area (Å²) < 4.78 is 44.7. The van der Waals surface area contributed by atoms with Crippen molar-refractivity contribution in [2.45, 2.75) is 187 Å². The molecule has 0 aliphatic rings. The zero-order chi connectivity index (χ0) is 47.4. The predicted molar refractivity (Wildman–Crippen MR) is 255 cm³/mol. The molecule has 0 saturated carbocycles. The van der Waals surface area contributed by atoms with Gasteiger partial charge in [-0.05, 0) is 39.5 Å². The van der Waals surface area contributed by atoms with E-state index in [-0.39, 0.29) is 38.0 Å². The van der Waals surface area contributed by atoms with Crippen molar-refractivity contribution < 1.29 is 61.1 Å². The van der Waals surface area contributed by atoms with Gasteiger partial charge in [0.1, 0.15) is 19.8 Å². The van der Waals surface area contributed by atoms with Crippen LogP contribution in [0.4, 0.5) is 0 Å². The lowest BCUT2D eigenvalue weighted by atomic mass is 10.0. The molecule has 14 heteroatoms. The average Bonchev–Trinajstić information content (AvgIpc) is 3.24. The largest absolute Gasteiger partial charge is 0.472 e. The third-order valence-corrected chi connectivity index (χ3v) is 11.3. The SMILES string of the molecule is C/C=C/C=C/C(=O)OCCCCCCCCCCCCCCC(=O)OCC(COP(=O)(O)OCC[N+](C)(C)C)OC(=O)CCCCCCCCCCCCCCOC(=O)/C=C/C=C/C. The Hall–Kier alpha value is -3.09. The van der Waals surface area contributed by atoms with Gasteiger partial charge in [0, 0.05) is 25.0 Å². The third-order valence-electron chi connectivity index (χ3n) is 10.3. The minimum atomic E-state index is -4.41. The molecule has 0 aromatic heterocycles. The van der Waals surface area contributed by atoms with Crippen LogP contribution < -0.4 is 0 Å². The van der Waals surface area contributed by atoms with Crippen LogP contribution >= 0.6 is 7.82 Å². The lowest BCUT2D eigenvalue weighted by molar-refractivity contribution is -0.870. The van der Waals surface area contributed by atoms with Gasteiger partial charge in [0.05, 0.1) is 41.0 Å². The van der Waals surface area contributed by atoms with Crippen molar-refractivity contribution >= 4 is 31.7 Å². The van der Waals surface area contributed by atoms with E-state index in [0.29, 0.717) is 37.1 Å². The number of esters is 4. The molecular formula is C50H89NO12P+. The number of hydrogen-bond acceptors (Lipinski definition) is 11. The molecule has 13 nitrogen and oxygen atoms in total. The van der Waals surface area contributed by atoms with E-state index in [4.69, 9.17) is 28.0 Å². The number of likely N-dealkylation sites (N-methyl/N-ethyl adjacent to an activating group) is 1. The second kappa shape index (κ2) is 42.5. The zero-order valence-corrected chi connectivity index (χ0v) is 41.6. The van der Waals surface area contributed by atoms with Gasteiger partial charge in [-0.3, -0.25) is 18.6 Å². The summed E-state index contributed by atoms with van der Waals surface area (Å²) >= 11 is 0. The van der Waals surface area contributed by atoms with Crippen molar-refractivity contribution in [1.82, 2.24) is 0 Å². The van der Waals surface area contributed by atoms with E-state index in [1.54, 1.807) is 24.3 Å². The fraction of sp³-hybridized carbons (Fsp3) is 0.760. The number of hydrogen-bond donors (Lipinski definition) is 1. The highest BCUT2D eigenvalue weighted by atomic mass is 31.2. The molecule has 0 saturated heterocycles. The number of quaternary nitrogens is 1. The van der Waals surface area contributed by atoms with E-state index in [1.807, 2.05) is 47.1 Å². The Labute approximate surface area is 388 Å². The van der Waals surface area contributed by atoms with Gasteiger partial charge < -0.3 is 28.3 Å². The van der Waals surface area contributed by atoms with Gasteiger partial charge in [-0.15, -0.1) is 0 Å². The molecule has 0 aliphatic carbocycles. The first kappa shape index (κ1) is 60.9. The normalized spacial score (nSPS) is 13.5. The summed E-state index contributed by atoms with van der Waals surface area (Å²) in [6.45, 7) is 4.51. The van der Waals surface area contributed by atoms with Crippen LogP contribution in [0, 0.1) is 0 Å². The lowest BCUT2D eigenvalue weighted by Crippen LogP contribution is -2.37. The Morgan fingerprint density at radius 3 is 1.25 bits per heavy atom. The molecule has 0 bridgehead atoms. The minimum absolute atomic E-state index is 0.00699. The molecule has 2 unspecified atom stereocenters. The predicted octanol–water partition coefficient (Wildman–Crippen LogP) is 11.8. The summed E-state index contributed by atoms with van der Waals surface area (Å²) in [5.41, 5.74) is 0. The Morgan fingerprint density at radius 2 is 0.859 bits per heavy atom. The van der Waals surface area contributed by atoms with E-state index >= 15 is 0 Å². The molecule has 0 aromatic carbocycles. The van der Waals surface area contributed by atoms with Gasteiger partial charge >= 0.3 is 31.7 Å². The highest BCUT2D eigenvalue weighted by Crippen LogP contribution is 2.43. The van der Waals surface area contributed by atoms with Crippen molar-refractivity contribution in [1.29, 1.82) is 0 Å². The number of ether oxygens (including phenoxy) is 4. The van der Waals surface area contributed by atoms with Crippen LogP contribution in [-0.2, 0) is 51.7 Å². The van der Waals surface area contributed by atoms with E-state index in [2.05, 4.69) is 0 Å². The van der Waals surface area contributed by atoms with Gasteiger partial charge in [-0.2, -0.15) is 0 Å². The van der Waals surface area contributed by atoms with Crippen molar-refractivity contribution in [2.24, 2.45) is 0 Å². The fourth-order valence-electron chi connectivity index (χ4n) is 6.47. The minimum Gasteiger partial charge on any atom is -0.463 e. The Kier molecular flexibility index (Phi) is 40.5. The molecule has 1 N–H and O–H groups in total. The van der Waals surface area contributed by atoms with E-state index in [1.165, 1.54) is 69.9 Å². The highest BCUT2D eigenvalue weighted by Gasteiger charge is 2.27. The second-order valence-corrected chi connectivity index (χ2v) is 18.9. The first-order chi connectivity index (χ1) is 30.8. The number of nitrogens with zero attached hydrogens (tertiary/aromatic N) is 1. The average molecular weight is 927 g/mol. The van der Waals surface area contributed by atoms with E-state index in [0.717, 1.165) is 83.5 Å². The molecule has 0 amide bonds. The Morgan fingerprint density at radius 1 is 0.484 bits per heavy atom. The maximum atomic E-state index is 12.7. The quantitative estimate of drug-likeness (QED) is 0.0117. The second-order valence-electron chi connectivity index (χ2n) is 17.5. The summed E-state index contributed by atoms with van der Waals surface area (Å²) in [4.78, 5) is 58.6. The van der Waals surface area contributed by atoms with Crippen LogP contribution in [0.25, 0.3) is 0 Å². The maximum Gasteiger partial charge on any atom is 0.472 e. The number of rotatable bonds is 44. The van der Waals surface area contributed by atoms with Crippen LogP contribution in [0.1, 0.15) is 181 Å². The molecule has 0 heterocycles. The smallest absolute Gasteiger partial charge is 0.463 e. The number of unbranched alkanes of at least 4 members (excludes halogenated alkanes) is 22. The molecular weight excluding hydrogens is 838 g/mol. The Balaban J connectivity index is 4.25. The van der Waals surface area contributed by atoms with Gasteiger partial charge in [0.2, 0.25) is 0 Å². The highest BCUT2D eigenvalue weighted by molar-refractivity contribution is 7.47. The standard InChI is InChI=1S/C50H88NO12P/c1-6-8-30-36-47(52)58-41-34-28-24-20-16-12-10-14-18-22-26-32-38-49(54)60-44-46(45-62-64(56,57)61-43-40-51(3,4)5)63-50(55)39-33-27-23-19-15-11-13-17-21-25-29-35-42-59-48(53)37-31-9-7-2/h6-9,30-31,36-37,46H,10-29,32-35,38-45H2,1-5H3/p+1/b8-6+,9-7+,36-30+,37-31+. The number of allylic oxidation sites excluding steroid dienone is 6. The van der Waals surface area contributed by atoms with Gasteiger partial charge in [-0.25, -0.2) is 14.2 Å². The summed E-state index contributed by atoms with van der Waals surface area (Å²) in [5.74, 6) is -1.46. The Bertz CT molecular complexity index is 1360. The van der Waals surface area contributed by atoms with E-state index < -0.39 is 32.5 Å². The summed E-state index contributed by atoms with van der Waals surface area (Å²) in [5, 5.41) is 0. The molecule has 0 radical (unpaired) electrons. The third kappa shape index (κ3) is 45.5. The molecule has 0 fully saturated rings. The summed E-state index contributed by atoms with van der Waals surface area (Å²) in [6.07, 6.45) is 38.6. The van der Waals surface area contributed by atoms with Gasteiger partial charge in [-0.1, -0.05) is 165 Å². The topological polar surface area (TPSA) is 161 Å². The van der Waals surface area contributed by atoms with Crippen LogP contribution in [-0.4, -0.2) is 100 Å². The molecule has 0 rings (SSSR count). The number of phosphoric ester groups is 1. The maximum absolute atomic E-state index is 12.7. The first-order valence-corrected chi connectivity index (χ1v) is 26.0. The number of carbonyl (C=O) groups is 4. The lowest BCUT2D eigenvalue weighted by Gasteiger charge is -2.24. The molecule has 2 atom stereocenters. The first-order valence-electron chi connectivity index (χ1n) is 24.5. The molecule has 0 aromatic rings. The fourth-order valence-corrected chi connectivity index (χ4v) is 7.22. The van der Waals surface area contributed by atoms with E-state index in [9.17, 15) is 28.6 Å². The van der Waals surface area contributed by atoms with Crippen LogP contribution in [0.2, 0.25) is 0 Å². The number of phosphoric acid groups is 1. The van der Waals surface area contributed by atoms with Gasteiger partial charge in [0.15, 0.2) is 6.10 Å². The molecule has 370 valence electrons. The van der Waals surface area contributed by atoms with Crippen LogP contribution in [0.3, 0.4) is 0 Å². The van der Waals surface area contributed by atoms with Crippen LogP contribution in [0.5, 0.6) is 0 Å². The van der Waals surface area contributed by atoms with Gasteiger partial charge in [0.25, 0.3) is 0 Å². The summed E-state index contributed by atoms with van der Waals surface area (Å²) in [6, 6.07) is 0. The number of carbonyl (C=O) groups excluding carboxylic acids is 4. The van der Waals surface area contributed by atoms with Crippen molar-refractivity contribution in [2.75, 3.05) is 60.7 Å². The van der Waals surface area contributed by atoms with Crippen molar-refractivity contribution in [3.05, 3.63) is 48.6 Å². The van der Waals surface area contributed by atoms with Crippen LogP contribution in [0.15, 0.2) is 48.6 Å². The summed E-state index contributed by atoms with van der Waals surface area (Å²) in [7, 11) is 1.39. The molecule has 0 aliphatic heterocycles.